The van der Waals surface area contributed by atoms with Crippen molar-refractivity contribution in [3.8, 4) is 0 Å². The fourth-order valence-electron chi connectivity index (χ4n) is 8.07. The summed E-state index contributed by atoms with van der Waals surface area (Å²) in [5.74, 6) is -0.966. The average Bonchev–Trinajstić information content (AvgIpc) is 3.45. The first kappa shape index (κ1) is 73.8. The van der Waals surface area contributed by atoms with Crippen molar-refractivity contribution in [3.05, 3.63) is 170 Å². The number of carbonyl (C=O) groups is 3. The van der Waals surface area contributed by atoms with Crippen LogP contribution in [0.1, 0.15) is 252 Å². The second kappa shape index (κ2) is 65.3. The van der Waals surface area contributed by atoms with Crippen LogP contribution >= 0.6 is 0 Å². The Balaban J connectivity index is 4.53. The van der Waals surface area contributed by atoms with Gasteiger partial charge in [0.25, 0.3) is 0 Å². The van der Waals surface area contributed by atoms with E-state index in [1.54, 1.807) is 0 Å². The Kier molecular flexibility index (Phi) is 61.0. The van der Waals surface area contributed by atoms with Gasteiger partial charge < -0.3 is 14.2 Å². The van der Waals surface area contributed by atoms with Gasteiger partial charge in [-0.1, -0.05) is 255 Å². The van der Waals surface area contributed by atoms with E-state index in [4.69, 9.17) is 14.2 Å². The molecule has 6 heteroatoms. The number of rotatable bonds is 55. The molecule has 1 atom stereocenters. The van der Waals surface area contributed by atoms with Gasteiger partial charge >= 0.3 is 17.9 Å². The second-order valence-corrected chi connectivity index (χ2v) is 20.2. The minimum Gasteiger partial charge on any atom is -0.462 e. The molecule has 442 valence electrons. The monoisotopic (exact) mass is 1090 g/mol. The molecule has 6 nitrogen and oxygen atoms in total. The Bertz CT molecular complexity index is 1820. The van der Waals surface area contributed by atoms with Gasteiger partial charge in [0.05, 0.1) is 0 Å². The van der Waals surface area contributed by atoms with Gasteiger partial charge in [-0.3, -0.25) is 14.4 Å². The summed E-state index contributed by atoms with van der Waals surface area (Å²) >= 11 is 0. The van der Waals surface area contributed by atoms with E-state index in [0.29, 0.717) is 12.8 Å². The van der Waals surface area contributed by atoms with E-state index in [2.05, 4.69) is 191 Å². The fraction of sp³-hybridized carbons (Fsp3) is 0.575. The molecule has 0 saturated carbocycles. The van der Waals surface area contributed by atoms with E-state index < -0.39 is 6.10 Å². The van der Waals surface area contributed by atoms with Crippen LogP contribution in [0.5, 0.6) is 0 Å². The molecule has 0 fully saturated rings. The van der Waals surface area contributed by atoms with Gasteiger partial charge in [-0.05, 0) is 148 Å². The summed E-state index contributed by atoms with van der Waals surface area (Å²) in [7, 11) is 0. The highest BCUT2D eigenvalue weighted by molar-refractivity contribution is 5.71. The Morgan fingerprint density at radius 3 is 0.709 bits per heavy atom. The highest BCUT2D eigenvalue weighted by atomic mass is 16.6. The van der Waals surface area contributed by atoms with Crippen LogP contribution in [0.3, 0.4) is 0 Å². The molecular weight excluding hydrogens is 973 g/mol. The molecule has 0 saturated heterocycles. The lowest BCUT2D eigenvalue weighted by atomic mass is 10.1. The number of hydrogen-bond donors (Lipinski definition) is 0. The van der Waals surface area contributed by atoms with Crippen LogP contribution in [0.25, 0.3) is 0 Å². The Morgan fingerprint density at radius 1 is 0.253 bits per heavy atom. The van der Waals surface area contributed by atoms with Crippen molar-refractivity contribution < 1.29 is 28.6 Å². The minimum atomic E-state index is -0.815. The quantitative estimate of drug-likeness (QED) is 0.0261. The lowest BCUT2D eigenvalue weighted by Gasteiger charge is -2.18. The average molecular weight is 1090 g/mol. The highest BCUT2D eigenvalue weighted by Gasteiger charge is 2.19. The summed E-state index contributed by atoms with van der Waals surface area (Å²) in [6.07, 6.45) is 96.3. The molecule has 0 N–H and O–H groups in total. The van der Waals surface area contributed by atoms with Crippen molar-refractivity contribution >= 4 is 17.9 Å². The van der Waals surface area contributed by atoms with Crippen molar-refractivity contribution in [2.45, 2.75) is 258 Å². The molecule has 0 aliphatic heterocycles. The molecule has 0 spiro atoms. The maximum Gasteiger partial charge on any atom is 0.306 e. The van der Waals surface area contributed by atoms with E-state index >= 15 is 0 Å². The number of allylic oxidation sites excluding steroid dienone is 28. The molecule has 0 bridgehead atoms. The predicted octanol–water partition coefficient (Wildman–Crippen LogP) is 21.9. The first-order valence-electron chi connectivity index (χ1n) is 31.6. The van der Waals surface area contributed by atoms with E-state index in [1.807, 2.05) is 0 Å². The van der Waals surface area contributed by atoms with Crippen molar-refractivity contribution in [2.24, 2.45) is 0 Å². The number of ether oxygens (including phenoxy) is 3. The van der Waals surface area contributed by atoms with Crippen LogP contribution in [0.15, 0.2) is 170 Å². The molecule has 1 unspecified atom stereocenters. The molecule has 0 aromatic rings. The van der Waals surface area contributed by atoms with E-state index in [-0.39, 0.29) is 37.5 Å². The van der Waals surface area contributed by atoms with E-state index in [1.165, 1.54) is 25.7 Å². The smallest absolute Gasteiger partial charge is 0.306 e. The summed E-state index contributed by atoms with van der Waals surface area (Å²) in [6, 6.07) is 0. The van der Waals surface area contributed by atoms with Crippen molar-refractivity contribution in [1.82, 2.24) is 0 Å². The van der Waals surface area contributed by atoms with Crippen LogP contribution < -0.4 is 0 Å². The highest BCUT2D eigenvalue weighted by Crippen LogP contribution is 2.14. The first-order valence-corrected chi connectivity index (χ1v) is 31.6. The number of hydrogen-bond acceptors (Lipinski definition) is 6. The third-order valence-corrected chi connectivity index (χ3v) is 12.7. The third kappa shape index (κ3) is 63.5. The predicted molar refractivity (Wildman–Crippen MR) is 343 cm³/mol. The summed E-state index contributed by atoms with van der Waals surface area (Å²) in [5.41, 5.74) is 0. The van der Waals surface area contributed by atoms with Gasteiger partial charge in [-0.15, -0.1) is 0 Å². The third-order valence-electron chi connectivity index (χ3n) is 12.7. The molecular formula is C73H114O6. The van der Waals surface area contributed by atoms with Crippen molar-refractivity contribution in [2.75, 3.05) is 13.2 Å². The molecule has 79 heavy (non-hydrogen) atoms. The van der Waals surface area contributed by atoms with Gasteiger partial charge in [-0.2, -0.15) is 0 Å². The van der Waals surface area contributed by atoms with Gasteiger partial charge in [0.2, 0.25) is 0 Å². The zero-order chi connectivity index (χ0) is 57.1. The van der Waals surface area contributed by atoms with E-state index in [0.717, 1.165) is 186 Å². The normalized spacial score (nSPS) is 13.3. The molecule has 0 rings (SSSR count). The Labute approximate surface area is 485 Å². The van der Waals surface area contributed by atoms with Crippen LogP contribution in [-0.2, 0) is 28.6 Å². The first-order chi connectivity index (χ1) is 39.0. The zero-order valence-corrected chi connectivity index (χ0v) is 50.6. The lowest BCUT2D eigenvalue weighted by Crippen LogP contribution is -2.30. The lowest BCUT2D eigenvalue weighted by molar-refractivity contribution is -0.167. The Hall–Kier alpha value is -5.23. The molecule has 0 aliphatic rings. The summed E-state index contributed by atoms with van der Waals surface area (Å²) in [6.45, 7) is 6.25. The molecule has 0 amide bonds. The van der Waals surface area contributed by atoms with Crippen molar-refractivity contribution in [1.29, 1.82) is 0 Å². The SMILES string of the molecule is CC/C=C\C/C=C\C/C=C\C/C=C\C/C=C\C/C=C\CCCCCCC(=O)OCC(COC(=O)CCCCCCCCC/C=C\C/C=C\C/C=C\CC)OC(=O)CCCCCCC/C=C\C/C=C\C/C=C\C/C=C\C/C=C\CC. The topological polar surface area (TPSA) is 78.9 Å². The fourth-order valence-corrected chi connectivity index (χ4v) is 8.07. The summed E-state index contributed by atoms with van der Waals surface area (Å²) < 4.78 is 16.9. The number of esters is 3. The second-order valence-electron chi connectivity index (χ2n) is 20.2. The van der Waals surface area contributed by atoms with Gasteiger partial charge in [0, 0.05) is 19.3 Å². The Morgan fingerprint density at radius 2 is 0.456 bits per heavy atom. The minimum absolute atomic E-state index is 0.108. The zero-order valence-electron chi connectivity index (χ0n) is 50.6. The van der Waals surface area contributed by atoms with Gasteiger partial charge in [0.1, 0.15) is 13.2 Å². The largest absolute Gasteiger partial charge is 0.462 e. The number of carbonyl (C=O) groups excluding carboxylic acids is 3. The van der Waals surface area contributed by atoms with Gasteiger partial charge in [0.15, 0.2) is 6.10 Å². The van der Waals surface area contributed by atoms with Crippen LogP contribution in [0.4, 0.5) is 0 Å². The van der Waals surface area contributed by atoms with Crippen LogP contribution in [0.2, 0.25) is 0 Å². The maximum absolute atomic E-state index is 12.9. The molecule has 0 aromatic heterocycles. The summed E-state index contributed by atoms with van der Waals surface area (Å²) in [4.78, 5) is 38.4. The van der Waals surface area contributed by atoms with Crippen LogP contribution in [0, 0.1) is 0 Å². The molecule has 0 heterocycles. The molecule has 0 aromatic carbocycles. The van der Waals surface area contributed by atoms with Crippen molar-refractivity contribution in [3.63, 3.8) is 0 Å². The maximum atomic E-state index is 12.9. The van der Waals surface area contributed by atoms with Gasteiger partial charge in [-0.25, -0.2) is 0 Å². The number of unbranched alkanes of at least 4 members (excludes halogenated alkanes) is 16. The standard InChI is InChI=1S/C73H114O6/c1-4-7-10-13-16-19-22-25-28-31-33-35-36-38-39-42-45-48-51-54-57-60-63-66-72(75)78-69-70(68-77-71(74)65-62-59-56-53-50-47-44-41-30-27-24-21-18-15-12-9-6-3)79-73(76)67-64-61-58-55-52-49-46-43-40-37-34-32-29-26-23-20-17-14-11-8-5-2/h7-12,16-21,25-30,33-35,37-39,43,45-46,48,70H,4-6,13-15,22-24,31-32,36,40-42,44,47,49-69H2,1-3H3/b10-7-,11-8-,12-9-,19-16-,20-17-,21-18-,28-25-,29-26-,30-27-,35-33-,37-34-,39-38-,46-43-,48-45-. The van der Waals surface area contributed by atoms with Crippen LogP contribution in [-0.4, -0.2) is 37.2 Å². The summed E-state index contributed by atoms with van der Waals surface area (Å²) in [5, 5.41) is 0. The molecule has 0 aliphatic carbocycles. The van der Waals surface area contributed by atoms with E-state index in [9.17, 15) is 14.4 Å². The molecule has 0 radical (unpaired) electrons.